The van der Waals surface area contributed by atoms with Crippen LogP contribution in [0.15, 0.2) is 30.5 Å². The van der Waals surface area contributed by atoms with Crippen molar-refractivity contribution >= 4 is 17.5 Å². The summed E-state index contributed by atoms with van der Waals surface area (Å²) in [6, 6.07) is 6.50. The zero-order valence-electron chi connectivity index (χ0n) is 12.0. The highest BCUT2D eigenvalue weighted by Crippen LogP contribution is 2.08. The molecule has 0 spiro atoms. The van der Waals surface area contributed by atoms with Crippen LogP contribution < -0.4 is 10.1 Å². The number of carbonyl (C=O) groups is 1. The average Bonchev–Trinajstić information content (AvgIpc) is 2.54. The van der Waals surface area contributed by atoms with Gasteiger partial charge in [0.15, 0.2) is 0 Å². The highest BCUT2D eigenvalue weighted by Gasteiger charge is 2.07. The second kappa shape index (κ2) is 8.26. The Hall–Kier alpha value is -2.25. The molecule has 0 bridgehead atoms. The molecule has 0 aliphatic carbocycles. The van der Waals surface area contributed by atoms with Gasteiger partial charge in [-0.1, -0.05) is 11.6 Å². The van der Waals surface area contributed by atoms with Gasteiger partial charge >= 0.3 is 0 Å². The number of hydrogen-bond donors (Lipinski definition) is 1. The smallest absolute Gasteiger partial charge is 0.251 e. The van der Waals surface area contributed by atoms with Crippen LogP contribution in [0.2, 0.25) is 5.15 Å². The first kappa shape index (κ1) is 16.1. The molecule has 22 heavy (non-hydrogen) atoms. The summed E-state index contributed by atoms with van der Waals surface area (Å²) in [5, 5.41) is 10.9. The molecule has 0 aliphatic heterocycles. The summed E-state index contributed by atoms with van der Waals surface area (Å²) in [7, 11) is 1.59. The topological polar surface area (TPSA) is 86.2 Å². The van der Waals surface area contributed by atoms with Crippen molar-refractivity contribution in [2.75, 3.05) is 20.3 Å². The second-order valence-electron chi connectivity index (χ2n) is 4.25. The van der Waals surface area contributed by atoms with Crippen LogP contribution in [0.5, 0.6) is 5.88 Å². The summed E-state index contributed by atoms with van der Waals surface area (Å²) in [6.45, 7) is 1.14. The van der Waals surface area contributed by atoms with Crippen molar-refractivity contribution in [3.8, 4) is 5.88 Å². The number of aromatic nitrogens is 3. The lowest BCUT2D eigenvalue weighted by Crippen LogP contribution is -2.23. The van der Waals surface area contributed by atoms with E-state index in [-0.39, 0.29) is 17.6 Å². The van der Waals surface area contributed by atoms with Gasteiger partial charge in [0.2, 0.25) is 5.88 Å². The number of hydrogen-bond acceptors (Lipinski definition) is 6. The monoisotopic (exact) mass is 322 g/mol. The minimum absolute atomic E-state index is 0.254. The van der Waals surface area contributed by atoms with Crippen LogP contribution >= 0.6 is 11.6 Å². The first-order chi connectivity index (χ1) is 10.7. The van der Waals surface area contributed by atoms with Crippen LogP contribution in [0.3, 0.4) is 0 Å². The van der Waals surface area contributed by atoms with Gasteiger partial charge in [-0.2, -0.15) is 5.10 Å². The molecule has 0 aromatic carbocycles. The molecule has 0 atom stereocenters. The maximum atomic E-state index is 11.9. The van der Waals surface area contributed by atoms with Crippen LogP contribution in [0.25, 0.3) is 0 Å². The molecule has 0 unspecified atom stereocenters. The molecule has 1 N–H and O–H groups in total. The predicted octanol–water partition coefficient (Wildman–Crippen LogP) is 1.48. The number of methoxy groups -OCH3 is 1. The third kappa shape index (κ3) is 4.94. The molecule has 2 aromatic heterocycles. The van der Waals surface area contributed by atoms with Crippen molar-refractivity contribution in [3.63, 3.8) is 0 Å². The quantitative estimate of drug-likeness (QED) is 0.614. The Morgan fingerprint density at radius 3 is 2.82 bits per heavy atom. The molecular weight excluding hydrogens is 308 g/mol. The number of nitrogens with zero attached hydrogens (tertiary/aromatic N) is 3. The average molecular weight is 323 g/mol. The molecule has 2 heterocycles. The van der Waals surface area contributed by atoms with Crippen LogP contribution in [0.4, 0.5) is 0 Å². The first-order valence-corrected chi connectivity index (χ1v) is 6.91. The summed E-state index contributed by atoms with van der Waals surface area (Å²) in [5.41, 5.74) is 1.06. The Morgan fingerprint density at radius 2 is 2.14 bits per heavy atom. The van der Waals surface area contributed by atoms with E-state index in [1.54, 1.807) is 25.3 Å². The number of amides is 1. The molecule has 0 radical (unpaired) electrons. The van der Waals surface area contributed by atoms with Crippen molar-refractivity contribution in [2.24, 2.45) is 0 Å². The lowest BCUT2D eigenvalue weighted by molar-refractivity contribution is 0.0950. The van der Waals surface area contributed by atoms with Crippen LogP contribution in [0, 0.1) is 0 Å². The highest BCUT2D eigenvalue weighted by molar-refractivity contribution is 6.29. The lowest BCUT2D eigenvalue weighted by atomic mass is 10.2. The summed E-state index contributed by atoms with van der Waals surface area (Å²) in [6.07, 6.45) is 1.48. The fourth-order valence-electron chi connectivity index (χ4n) is 1.57. The minimum Gasteiger partial charge on any atom is -0.474 e. The van der Waals surface area contributed by atoms with E-state index >= 15 is 0 Å². The number of nitrogens with one attached hydrogen (secondary N) is 1. The van der Waals surface area contributed by atoms with E-state index < -0.39 is 0 Å². The Kier molecular flexibility index (Phi) is 6.05. The normalized spacial score (nSPS) is 10.3. The van der Waals surface area contributed by atoms with E-state index in [0.29, 0.717) is 30.4 Å². The molecule has 2 aromatic rings. The van der Waals surface area contributed by atoms with Gasteiger partial charge in [0.1, 0.15) is 11.8 Å². The van der Waals surface area contributed by atoms with Gasteiger partial charge in [0, 0.05) is 24.9 Å². The number of rotatable bonds is 7. The van der Waals surface area contributed by atoms with E-state index in [4.69, 9.17) is 21.1 Å². The number of halogens is 1. The van der Waals surface area contributed by atoms with Crippen molar-refractivity contribution in [3.05, 3.63) is 46.9 Å². The summed E-state index contributed by atoms with van der Waals surface area (Å²) < 4.78 is 10.2. The van der Waals surface area contributed by atoms with Crippen LogP contribution in [0.1, 0.15) is 16.1 Å². The molecule has 1 amide bonds. The standard InChI is InChI=1S/C14H15ClN4O3/c1-21-6-7-22-13-3-2-11(18-19-13)9-17-14(20)10-4-5-16-12(15)8-10/h2-5,8H,6-7,9H2,1H3,(H,17,20). The fraction of sp³-hybridized carbons (Fsp3) is 0.286. The molecule has 0 aliphatic rings. The number of ether oxygens (including phenoxy) is 2. The Balaban J connectivity index is 1.85. The molecule has 0 fully saturated rings. The summed E-state index contributed by atoms with van der Waals surface area (Å²) >= 11 is 5.74. The fourth-order valence-corrected chi connectivity index (χ4v) is 1.74. The lowest BCUT2D eigenvalue weighted by Gasteiger charge is -2.06. The SMILES string of the molecule is COCCOc1ccc(CNC(=O)c2ccnc(Cl)c2)nn1. The Bertz CT molecular complexity index is 622. The molecule has 116 valence electrons. The van der Waals surface area contributed by atoms with Crippen molar-refractivity contribution < 1.29 is 14.3 Å². The summed E-state index contributed by atoms with van der Waals surface area (Å²) in [4.78, 5) is 15.7. The van der Waals surface area contributed by atoms with E-state index in [9.17, 15) is 4.79 Å². The Morgan fingerprint density at radius 1 is 1.27 bits per heavy atom. The predicted molar refractivity (Wildman–Crippen MR) is 79.8 cm³/mol. The van der Waals surface area contributed by atoms with E-state index in [2.05, 4.69) is 20.5 Å². The van der Waals surface area contributed by atoms with Gasteiger partial charge in [0.05, 0.1) is 18.8 Å². The number of pyridine rings is 1. The highest BCUT2D eigenvalue weighted by atomic mass is 35.5. The third-order valence-electron chi connectivity index (χ3n) is 2.65. The van der Waals surface area contributed by atoms with Crippen LogP contribution in [-0.2, 0) is 11.3 Å². The van der Waals surface area contributed by atoms with Gasteiger partial charge < -0.3 is 14.8 Å². The number of carbonyl (C=O) groups excluding carboxylic acids is 1. The Labute approximate surface area is 132 Å². The molecule has 8 heteroatoms. The second-order valence-corrected chi connectivity index (χ2v) is 4.64. The van der Waals surface area contributed by atoms with E-state index in [1.165, 1.54) is 12.3 Å². The third-order valence-corrected chi connectivity index (χ3v) is 2.86. The summed E-state index contributed by atoms with van der Waals surface area (Å²) in [5.74, 6) is 0.152. The van der Waals surface area contributed by atoms with E-state index in [0.717, 1.165) is 0 Å². The van der Waals surface area contributed by atoms with Crippen LogP contribution in [-0.4, -0.2) is 41.4 Å². The molecule has 0 saturated carbocycles. The zero-order chi connectivity index (χ0) is 15.8. The molecule has 2 rings (SSSR count). The van der Waals surface area contributed by atoms with Crippen molar-refractivity contribution in [1.29, 1.82) is 0 Å². The van der Waals surface area contributed by atoms with Gasteiger partial charge in [-0.3, -0.25) is 4.79 Å². The first-order valence-electron chi connectivity index (χ1n) is 6.53. The van der Waals surface area contributed by atoms with Crippen molar-refractivity contribution in [1.82, 2.24) is 20.5 Å². The molecule has 0 saturated heterocycles. The van der Waals surface area contributed by atoms with E-state index in [1.807, 2.05) is 0 Å². The van der Waals surface area contributed by atoms with Gasteiger partial charge in [-0.25, -0.2) is 4.98 Å². The van der Waals surface area contributed by atoms with Crippen molar-refractivity contribution in [2.45, 2.75) is 6.54 Å². The molecular formula is C14H15ClN4O3. The van der Waals surface area contributed by atoms with Gasteiger partial charge in [-0.15, -0.1) is 5.10 Å². The maximum Gasteiger partial charge on any atom is 0.251 e. The zero-order valence-corrected chi connectivity index (χ0v) is 12.7. The van der Waals surface area contributed by atoms with Gasteiger partial charge in [-0.05, 0) is 18.2 Å². The largest absolute Gasteiger partial charge is 0.474 e. The maximum absolute atomic E-state index is 11.9. The molecule has 7 nitrogen and oxygen atoms in total. The minimum atomic E-state index is -0.258. The van der Waals surface area contributed by atoms with Gasteiger partial charge in [0.25, 0.3) is 5.91 Å².